The van der Waals surface area contributed by atoms with E-state index in [0.29, 0.717) is 5.56 Å². The van der Waals surface area contributed by atoms with Gasteiger partial charge in [-0.15, -0.1) is 0 Å². The normalized spacial score (nSPS) is 11.6. The number of hydrogen-bond acceptors (Lipinski definition) is 3. The minimum atomic E-state index is -0.00412. The molecule has 4 heteroatoms. The van der Waals surface area contributed by atoms with Crippen molar-refractivity contribution >= 4 is 21.8 Å². The Bertz CT molecular complexity index is 1910. The van der Waals surface area contributed by atoms with Gasteiger partial charge in [-0.1, -0.05) is 45.0 Å². The average Bonchev–Trinajstić information content (AvgIpc) is 3.25. The van der Waals surface area contributed by atoms with Crippen molar-refractivity contribution in [1.82, 2.24) is 9.55 Å². The minimum Gasteiger partial charge on any atom is -0.457 e. The summed E-state index contributed by atoms with van der Waals surface area (Å²) in [4.78, 5) is 4.83. The van der Waals surface area contributed by atoms with Crippen LogP contribution in [0.3, 0.4) is 0 Å². The Labute approximate surface area is 235 Å². The predicted molar refractivity (Wildman–Crippen MR) is 163 cm³/mol. The second-order valence-electron chi connectivity index (χ2n) is 11.4. The highest BCUT2D eigenvalue weighted by Gasteiger charge is 2.19. The van der Waals surface area contributed by atoms with Gasteiger partial charge in [0, 0.05) is 23.0 Å². The number of para-hydroxylation sites is 1. The summed E-state index contributed by atoms with van der Waals surface area (Å²) in [6, 6.07) is 33.2. The largest absolute Gasteiger partial charge is 0.457 e. The molecule has 0 N–H and O–H groups in total. The highest BCUT2D eigenvalue weighted by Crippen LogP contribution is 2.39. The fourth-order valence-electron chi connectivity index (χ4n) is 5.58. The first-order valence-corrected chi connectivity index (χ1v) is 13.5. The van der Waals surface area contributed by atoms with Gasteiger partial charge in [0.15, 0.2) is 0 Å². The molecular weight excluding hydrogens is 490 g/mol. The molecule has 196 valence electrons. The van der Waals surface area contributed by atoms with Crippen LogP contribution < -0.4 is 4.74 Å². The molecule has 40 heavy (non-hydrogen) atoms. The zero-order valence-corrected chi connectivity index (χ0v) is 23.5. The minimum absolute atomic E-state index is 0.00412. The lowest BCUT2D eigenvalue weighted by molar-refractivity contribution is 0.483. The molecule has 0 radical (unpaired) electrons. The molecule has 0 spiro atoms. The number of benzene rings is 4. The molecule has 0 fully saturated rings. The third-order valence-electron chi connectivity index (χ3n) is 7.51. The van der Waals surface area contributed by atoms with Crippen molar-refractivity contribution in [2.24, 2.45) is 0 Å². The smallest absolute Gasteiger partial charge is 0.137 e. The van der Waals surface area contributed by atoms with E-state index in [-0.39, 0.29) is 5.41 Å². The van der Waals surface area contributed by atoms with Crippen LogP contribution in [0, 0.1) is 25.2 Å². The molecule has 0 atom stereocenters. The predicted octanol–water partition coefficient (Wildman–Crippen LogP) is 9.42. The third-order valence-corrected chi connectivity index (χ3v) is 7.51. The molecule has 6 aromatic rings. The standard InChI is InChI=1S/C36H31N3O/c1-23-17-25(22-37)18-24(2)35(23)26-11-14-32-31(19-26)30-13-12-29(40-28-9-7-6-8-10-28)21-33(30)39(32)34-20-27(15-16-38-34)36(3,4)5/h6-21H,1-5H3. The Balaban J connectivity index is 1.60. The van der Waals surface area contributed by atoms with E-state index >= 15 is 0 Å². The average molecular weight is 522 g/mol. The van der Waals surface area contributed by atoms with Crippen molar-refractivity contribution in [3.63, 3.8) is 0 Å². The van der Waals surface area contributed by atoms with Gasteiger partial charge in [-0.2, -0.15) is 5.26 Å². The van der Waals surface area contributed by atoms with Crippen LogP contribution >= 0.6 is 0 Å². The molecular formula is C36H31N3O. The molecule has 6 rings (SSSR count). The van der Waals surface area contributed by atoms with Crippen molar-refractivity contribution in [1.29, 1.82) is 5.26 Å². The molecule has 0 aliphatic rings. The number of rotatable bonds is 4. The summed E-state index contributed by atoms with van der Waals surface area (Å²) in [6.07, 6.45) is 1.90. The SMILES string of the molecule is Cc1cc(C#N)cc(C)c1-c1ccc2c(c1)c1ccc(Oc3ccccc3)cc1n2-c1cc(C(C)(C)C)ccn1. The van der Waals surface area contributed by atoms with Gasteiger partial charge < -0.3 is 4.74 Å². The molecule has 0 aliphatic heterocycles. The number of ether oxygens (including phenoxy) is 1. The van der Waals surface area contributed by atoms with Gasteiger partial charge in [-0.05, 0) is 108 Å². The molecule has 4 nitrogen and oxygen atoms in total. The van der Waals surface area contributed by atoms with Crippen molar-refractivity contribution in [2.75, 3.05) is 0 Å². The Kier molecular flexibility index (Phi) is 6.16. The van der Waals surface area contributed by atoms with Crippen molar-refractivity contribution < 1.29 is 4.74 Å². The molecule has 0 aliphatic carbocycles. The first-order valence-electron chi connectivity index (χ1n) is 13.5. The Hall–Kier alpha value is -4.88. The fraction of sp³-hybridized carbons (Fsp3) is 0.167. The van der Waals surface area contributed by atoms with Gasteiger partial charge in [0.05, 0.1) is 22.7 Å². The van der Waals surface area contributed by atoms with Crippen LogP contribution in [0.15, 0.2) is 97.2 Å². The molecule has 2 heterocycles. The number of fused-ring (bicyclic) bond motifs is 3. The second kappa shape index (κ2) is 9.70. The van der Waals surface area contributed by atoms with E-state index in [1.165, 1.54) is 11.1 Å². The molecule has 2 aromatic heterocycles. The fourth-order valence-corrected chi connectivity index (χ4v) is 5.58. The lowest BCUT2D eigenvalue weighted by atomic mass is 9.88. The van der Waals surface area contributed by atoms with E-state index in [4.69, 9.17) is 9.72 Å². The number of aryl methyl sites for hydroxylation is 2. The van der Waals surface area contributed by atoms with Gasteiger partial charge in [0.2, 0.25) is 0 Å². The summed E-state index contributed by atoms with van der Waals surface area (Å²) < 4.78 is 8.47. The molecule has 0 bridgehead atoms. The summed E-state index contributed by atoms with van der Waals surface area (Å²) in [7, 11) is 0. The van der Waals surface area contributed by atoms with Crippen LogP contribution in [0.2, 0.25) is 0 Å². The number of aromatic nitrogens is 2. The maximum atomic E-state index is 9.43. The van der Waals surface area contributed by atoms with Gasteiger partial charge in [0.1, 0.15) is 17.3 Å². The van der Waals surface area contributed by atoms with E-state index in [0.717, 1.165) is 55.8 Å². The van der Waals surface area contributed by atoms with Crippen LogP contribution in [0.5, 0.6) is 11.5 Å². The van der Waals surface area contributed by atoms with Crippen molar-refractivity contribution in [3.05, 3.63) is 119 Å². The number of pyridine rings is 1. The molecule has 0 unspecified atom stereocenters. The lowest BCUT2D eigenvalue weighted by Gasteiger charge is -2.20. The summed E-state index contributed by atoms with van der Waals surface area (Å²) in [6.45, 7) is 10.8. The number of nitriles is 1. The highest BCUT2D eigenvalue weighted by molar-refractivity contribution is 6.10. The van der Waals surface area contributed by atoms with Crippen LogP contribution in [0.25, 0.3) is 38.8 Å². The van der Waals surface area contributed by atoms with Crippen LogP contribution in [-0.4, -0.2) is 9.55 Å². The third kappa shape index (κ3) is 4.50. The maximum Gasteiger partial charge on any atom is 0.137 e. The lowest BCUT2D eigenvalue weighted by Crippen LogP contribution is -2.12. The Morgan fingerprint density at radius 3 is 2.20 bits per heavy atom. The van der Waals surface area contributed by atoms with E-state index in [9.17, 15) is 5.26 Å². The zero-order chi connectivity index (χ0) is 28.0. The monoisotopic (exact) mass is 521 g/mol. The summed E-state index contributed by atoms with van der Waals surface area (Å²) in [5.41, 5.74) is 8.51. The summed E-state index contributed by atoms with van der Waals surface area (Å²) >= 11 is 0. The van der Waals surface area contributed by atoms with Gasteiger partial charge in [-0.25, -0.2) is 4.98 Å². The topological polar surface area (TPSA) is 50.8 Å². The first-order chi connectivity index (χ1) is 19.2. The molecule has 0 saturated carbocycles. The zero-order valence-electron chi connectivity index (χ0n) is 23.5. The van der Waals surface area contributed by atoms with Crippen LogP contribution in [0.1, 0.15) is 43.0 Å². The molecule has 0 amide bonds. The second-order valence-corrected chi connectivity index (χ2v) is 11.4. The number of nitrogens with zero attached hydrogens (tertiary/aromatic N) is 3. The highest BCUT2D eigenvalue weighted by atomic mass is 16.5. The van der Waals surface area contributed by atoms with Gasteiger partial charge in [-0.3, -0.25) is 4.57 Å². The van der Waals surface area contributed by atoms with E-state index in [1.54, 1.807) is 0 Å². The summed E-state index contributed by atoms with van der Waals surface area (Å²) in [5, 5.41) is 11.7. The first kappa shape index (κ1) is 25.4. The van der Waals surface area contributed by atoms with E-state index in [1.807, 2.05) is 54.7 Å². The van der Waals surface area contributed by atoms with Crippen LogP contribution in [0.4, 0.5) is 0 Å². The van der Waals surface area contributed by atoms with E-state index < -0.39 is 0 Å². The van der Waals surface area contributed by atoms with Crippen molar-refractivity contribution in [3.8, 4) is 34.5 Å². The molecule has 0 saturated heterocycles. The Morgan fingerprint density at radius 1 is 0.750 bits per heavy atom. The quantitative estimate of drug-likeness (QED) is 0.232. The van der Waals surface area contributed by atoms with Crippen molar-refractivity contribution in [2.45, 2.75) is 40.0 Å². The number of hydrogen-bond donors (Lipinski definition) is 0. The molecule has 4 aromatic carbocycles. The Morgan fingerprint density at radius 2 is 1.50 bits per heavy atom. The van der Waals surface area contributed by atoms with E-state index in [2.05, 4.69) is 87.7 Å². The maximum absolute atomic E-state index is 9.43. The summed E-state index contributed by atoms with van der Waals surface area (Å²) in [5.74, 6) is 2.45. The van der Waals surface area contributed by atoms with Gasteiger partial charge in [0.25, 0.3) is 0 Å². The van der Waals surface area contributed by atoms with Crippen LogP contribution in [-0.2, 0) is 5.41 Å². The van der Waals surface area contributed by atoms with Gasteiger partial charge >= 0.3 is 0 Å².